The molecule has 0 fully saturated rings. The van der Waals surface area contributed by atoms with E-state index in [1.54, 1.807) is 11.8 Å². The van der Waals surface area contributed by atoms with E-state index in [1.165, 1.54) is 6.07 Å². The summed E-state index contributed by atoms with van der Waals surface area (Å²) in [6.07, 6.45) is 0. The van der Waals surface area contributed by atoms with E-state index in [4.69, 9.17) is 4.42 Å². The lowest BCUT2D eigenvalue weighted by atomic mass is 10.2. The third-order valence-electron chi connectivity index (χ3n) is 2.74. The SMILES string of the molecule is CN(C)Cc1ccc(CSCCNc2cc(=O)c2=O)o1. The summed E-state index contributed by atoms with van der Waals surface area (Å²) in [7, 11) is 4.01. The third-order valence-corrected chi connectivity index (χ3v) is 3.72. The second kappa shape index (κ2) is 6.76. The Balaban J connectivity index is 1.64. The summed E-state index contributed by atoms with van der Waals surface area (Å²) in [4.78, 5) is 23.8. The minimum absolute atomic E-state index is 0.408. The summed E-state index contributed by atoms with van der Waals surface area (Å²) in [5, 5.41) is 2.95. The summed E-state index contributed by atoms with van der Waals surface area (Å²) < 4.78 is 5.69. The molecule has 0 atom stereocenters. The van der Waals surface area contributed by atoms with E-state index >= 15 is 0 Å². The monoisotopic (exact) mass is 294 g/mol. The van der Waals surface area contributed by atoms with Gasteiger partial charge in [0.25, 0.3) is 0 Å². The molecule has 0 unspecified atom stereocenters. The predicted molar refractivity (Wildman–Crippen MR) is 82.1 cm³/mol. The lowest BCUT2D eigenvalue weighted by Gasteiger charge is -2.06. The number of hydrogen-bond donors (Lipinski definition) is 1. The van der Waals surface area contributed by atoms with Gasteiger partial charge in [0, 0.05) is 18.4 Å². The van der Waals surface area contributed by atoms with Crippen LogP contribution in [0.25, 0.3) is 0 Å². The topological polar surface area (TPSA) is 62.6 Å². The molecule has 0 radical (unpaired) electrons. The van der Waals surface area contributed by atoms with Crippen LogP contribution in [0.1, 0.15) is 11.5 Å². The van der Waals surface area contributed by atoms with Crippen molar-refractivity contribution in [1.29, 1.82) is 0 Å². The highest BCUT2D eigenvalue weighted by molar-refractivity contribution is 7.98. The van der Waals surface area contributed by atoms with Crippen molar-refractivity contribution in [1.82, 2.24) is 4.90 Å². The molecule has 1 N–H and O–H groups in total. The number of furan rings is 1. The second-order valence-electron chi connectivity index (χ2n) is 4.84. The van der Waals surface area contributed by atoms with E-state index < -0.39 is 10.9 Å². The lowest BCUT2D eigenvalue weighted by Crippen LogP contribution is -2.32. The van der Waals surface area contributed by atoms with Gasteiger partial charge in [0.05, 0.1) is 18.0 Å². The first-order chi connectivity index (χ1) is 9.56. The molecule has 0 aliphatic rings. The first-order valence-corrected chi connectivity index (χ1v) is 7.56. The van der Waals surface area contributed by atoms with Crippen molar-refractivity contribution in [3.05, 3.63) is 50.2 Å². The Morgan fingerprint density at radius 2 is 2.00 bits per heavy atom. The number of rotatable bonds is 8. The number of nitrogens with one attached hydrogen (secondary N) is 1. The molecular weight excluding hydrogens is 276 g/mol. The van der Waals surface area contributed by atoms with Crippen molar-refractivity contribution in [3.63, 3.8) is 0 Å². The molecule has 1 heterocycles. The Morgan fingerprint density at radius 3 is 2.65 bits per heavy atom. The molecular formula is C14H18N2O3S. The van der Waals surface area contributed by atoms with Crippen molar-refractivity contribution in [2.45, 2.75) is 12.3 Å². The van der Waals surface area contributed by atoms with Gasteiger partial charge in [-0.2, -0.15) is 11.8 Å². The Bertz CT molecular complexity index is 626. The smallest absolute Gasteiger partial charge is 0.248 e. The highest BCUT2D eigenvalue weighted by atomic mass is 32.2. The van der Waals surface area contributed by atoms with Crippen LogP contribution in [0.4, 0.5) is 5.69 Å². The third kappa shape index (κ3) is 3.98. The Labute approximate surface area is 121 Å². The van der Waals surface area contributed by atoms with E-state index in [1.807, 2.05) is 26.2 Å². The standard InChI is InChI=1S/C14H18N2O3S/c1-16(2)8-10-3-4-11(19-10)9-20-6-5-15-12-7-13(17)14(12)18/h3-4,7,15H,5-6,8-9H2,1-2H3. The van der Waals surface area contributed by atoms with Gasteiger partial charge < -0.3 is 14.6 Å². The molecule has 6 heteroatoms. The molecule has 108 valence electrons. The largest absolute Gasteiger partial charge is 0.464 e. The zero-order chi connectivity index (χ0) is 14.5. The quantitative estimate of drug-likeness (QED) is 0.584. The Kier molecular flexibility index (Phi) is 5.03. The van der Waals surface area contributed by atoms with Crippen LogP contribution in [0.5, 0.6) is 0 Å². The number of nitrogens with zero attached hydrogens (tertiary/aromatic N) is 1. The van der Waals surface area contributed by atoms with Crippen LogP contribution in [-0.4, -0.2) is 31.3 Å². The maximum absolute atomic E-state index is 11.0. The molecule has 0 aliphatic heterocycles. The van der Waals surface area contributed by atoms with Gasteiger partial charge in [-0.3, -0.25) is 9.59 Å². The van der Waals surface area contributed by atoms with Crippen molar-refractivity contribution in [2.75, 3.05) is 31.7 Å². The Hall–Kier alpha value is -1.53. The van der Waals surface area contributed by atoms with Gasteiger partial charge in [0.2, 0.25) is 10.9 Å². The second-order valence-corrected chi connectivity index (χ2v) is 5.94. The highest BCUT2D eigenvalue weighted by Gasteiger charge is 2.08. The summed E-state index contributed by atoms with van der Waals surface area (Å²) in [6, 6.07) is 5.33. The fourth-order valence-corrected chi connectivity index (χ4v) is 2.52. The van der Waals surface area contributed by atoms with Gasteiger partial charge in [0.1, 0.15) is 11.5 Å². The first kappa shape index (κ1) is 14.9. The predicted octanol–water partition coefficient (Wildman–Crippen LogP) is 1.28. The minimum Gasteiger partial charge on any atom is -0.464 e. The molecule has 0 saturated heterocycles. The summed E-state index contributed by atoms with van der Waals surface area (Å²) in [5.74, 6) is 3.58. The van der Waals surface area contributed by atoms with E-state index in [0.29, 0.717) is 12.2 Å². The number of thioether (sulfide) groups is 1. The molecule has 2 aromatic rings. The van der Waals surface area contributed by atoms with Crippen LogP contribution in [0.3, 0.4) is 0 Å². The summed E-state index contributed by atoms with van der Waals surface area (Å²) in [5.41, 5.74) is -0.389. The van der Waals surface area contributed by atoms with Crippen molar-refractivity contribution < 1.29 is 4.42 Å². The molecule has 0 bridgehead atoms. The van der Waals surface area contributed by atoms with Gasteiger partial charge in [-0.1, -0.05) is 0 Å². The van der Waals surface area contributed by atoms with Crippen LogP contribution < -0.4 is 16.2 Å². The average Bonchev–Trinajstić information content (AvgIpc) is 2.83. The highest BCUT2D eigenvalue weighted by Crippen LogP contribution is 2.16. The molecule has 0 saturated carbocycles. The zero-order valence-corrected chi connectivity index (χ0v) is 12.5. The molecule has 5 nitrogen and oxygen atoms in total. The van der Waals surface area contributed by atoms with Crippen LogP contribution in [0.15, 0.2) is 32.2 Å². The van der Waals surface area contributed by atoms with Crippen LogP contribution in [0, 0.1) is 0 Å². The van der Waals surface area contributed by atoms with Crippen molar-refractivity contribution in [3.8, 4) is 0 Å². The van der Waals surface area contributed by atoms with Crippen molar-refractivity contribution in [2.24, 2.45) is 0 Å². The molecule has 0 spiro atoms. The van der Waals surface area contributed by atoms with E-state index in [9.17, 15) is 9.59 Å². The Morgan fingerprint density at radius 1 is 1.25 bits per heavy atom. The molecule has 0 amide bonds. The molecule has 1 aromatic heterocycles. The van der Waals surface area contributed by atoms with E-state index in [2.05, 4.69) is 10.2 Å². The lowest BCUT2D eigenvalue weighted by molar-refractivity contribution is 0.344. The van der Waals surface area contributed by atoms with E-state index in [-0.39, 0.29) is 0 Å². The van der Waals surface area contributed by atoms with Gasteiger partial charge in [-0.25, -0.2) is 0 Å². The first-order valence-electron chi connectivity index (χ1n) is 6.40. The average molecular weight is 294 g/mol. The van der Waals surface area contributed by atoms with Gasteiger partial charge in [-0.05, 0) is 26.2 Å². The summed E-state index contributed by atoms with van der Waals surface area (Å²) in [6.45, 7) is 1.47. The van der Waals surface area contributed by atoms with Gasteiger partial charge in [0.15, 0.2) is 0 Å². The van der Waals surface area contributed by atoms with Gasteiger partial charge >= 0.3 is 0 Å². The normalized spacial score (nSPS) is 11.3. The van der Waals surface area contributed by atoms with E-state index in [0.717, 1.165) is 29.6 Å². The maximum atomic E-state index is 11.0. The van der Waals surface area contributed by atoms with Crippen LogP contribution >= 0.6 is 11.8 Å². The fourth-order valence-electron chi connectivity index (χ4n) is 1.78. The van der Waals surface area contributed by atoms with Crippen molar-refractivity contribution >= 4 is 17.4 Å². The van der Waals surface area contributed by atoms with Gasteiger partial charge in [-0.15, -0.1) is 0 Å². The molecule has 1 aromatic carbocycles. The maximum Gasteiger partial charge on any atom is 0.248 e. The molecule has 20 heavy (non-hydrogen) atoms. The number of anilines is 1. The number of hydrogen-bond acceptors (Lipinski definition) is 6. The fraction of sp³-hybridized carbons (Fsp3) is 0.429. The van der Waals surface area contributed by atoms with Crippen LogP contribution in [-0.2, 0) is 12.3 Å². The summed E-state index contributed by atoms with van der Waals surface area (Å²) >= 11 is 1.72. The molecule has 0 aliphatic carbocycles. The zero-order valence-electron chi connectivity index (χ0n) is 11.6. The molecule has 2 rings (SSSR count). The minimum atomic E-state index is -0.413. The van der Waals surface area contributed by atoms with Crippen LogP contribution in [0.2, 0.25) is 0 Å².